The van der Waals surface area contributed by atoms with E-state index in [2.05, 4.69) is 18.7 Å². The van der Waals surface area contributed by atoms with E-state index in [0.717, 1.165) is 19.6 Å². The Morgan fingerprint density at radius 3 is 2.77 bits per heavy atom. The Balaban J connectivity index is 2.42. The second kappa shape index (κ2) is 4.42. The highest BCUT2D eigenvalue weighted by Gasteiger charge is 2.16. The fourth-order valence-corrected chi connectivity index (χ4v) is 1.59. The standard InChI is InChI=1S/C10H17NO2/c1-8(2)7-11-5-3-9(4-6-11)10(12)13/h3,8H,4-7H2,1-2H3,(H,12,13). The van der Waals surface area contributed by atoms with Crippen molar-refractivity contribution < 1.29 is 9.90 Å². The lowest BCUT2D eigenvalue weighted by Crippen LogP contribution is -2.33. The zero-order chi connectivity index (χ0) is 9.84. The number of carboxylic acids is 1. The SMILES string of the molecule is CC(C)CN1CC=C(C(=O)O)CC1. The summed E-state index contributed by atoms with van der Waals surface area (Å²) in [4.78, 5) is 12.9. The van der Waals surface area contributed by atoms with Gasteiger partial charge >= 0.3 is 5.97 Å². The first-order chi connectivity index (χ1) is 6.09. The molecule has 0 atom stereocenters. The summed E-state index contributed by atoms with van der Waals surface area (Å²) in [5, 5.41) is 8.72. The largest absolute Gasteiger partial charge is 0.478 e. The van der Waals surface area contributed by atoms with Crippen molar-refractivity contribution in [3.05, 3.63) is 11.6 Å². The van der Waals surface area contributed by atoms with Gasteiger partial charge in [-0.25, -0.2) is 4.79 Å². The minimum absolute atomic E-state index is 0.569. The van der Waals surface area contributed by atoms with Gasteiger partial charge in [-0.15, -0.1) is 0 Å². The maximum Gasteiger partial charge on any atom is 0.331 e. The van der Waals surface area contributed by atoms with E-state index >= 15 is 0 Å². The molecule has 13 heavy (non-hydrogen) atoms. The molecule has 1 aliphatic heterocycles. The monoisotopic (exact) mass is 183 g/mol. The van der Waals surface area contributed by atoms with Crippen molar-refractivity contribution in [2.75, 3.05) is 19.6 Å². The van der Waals surface area contributed by atoms with Crippen molar-refractivity contribution in [1.82, 2.24) is 4.90 Å². The summed E-state index contributed by atoms with van der Waals surface area (Å²) in [5.41, 5.74) is 0.569. The van der Waals surface area contributed by atoms with E-state index in [4.69, 9.17) is 5.11 Å². The summed E-state index contributed by atoms with van der Waals surface area (Å²) in [6.45, 7) is 7.09. The summed E-state index contributed by atoms with van der Waals surface area (Å²) < 4.78 is 0. The number of hydrogen-bond donors (Lipinski definition) is 1. The van der Waals surface area contributed by atoms with Crippen LogP contribution < -0.4 is 0 Å². The summed E-state index contributed by atoms with van der Waals surface area (Å²) in [5.74, 6) is -0.107. The first kappa shape index (κ1) is 10.3. The molecule has 3 nitrogen and oxygen atoms in total. The van der Waals surface area contributed by atoms with Crippen molar-refractivity contribution >= 4 is 5.97 Å². The lowest BCUT2D eigenvalue weighted by molar-refractivity contribution is -0.133. The number of hydrogen-bond acceptors (Lipinski definition) is 2. The van der Waals surface area contributed by atoms with Crippen LogP contribution in [0, 0.1) is 5.92 Å². The molecule has 74 valence electrons. The van der Waals surface area contributed by atoms with E-state index in [1.165, 1.54) is 0 Å². The van der Waals surface area contributed by atoms with Crippen LogP contribution in [0.2, 0.25) is 0 Å². The molecule has 1 heterocycles. The predicted molar refractivity (Wildman–Crippen MR) is 51.6 cm³/mol. The van der Waals surface area contributed by atoms with E-state index in [-0.39, 0.29) is 0 Å². The average Bonchev–Trinajstić information content (AvgIpc) is 2.04. The second-order valence-corrected chi connectivity index (χ2v) is 3.94. The Bertz CT molecular complexity index is 221. The van der Waals surface area contributed by atoms with Crippen LogP contribution in [-0.2, 0) is 4.79 Å². The molecule has 1 aliphatic rings. The molecule has 0 radical (unpaired) electrons. The molecule has 1 rings (SSSR count). The molecule has 0 spiro atoms. The van der Waals surface area contributed by atoms with Crippen molar-refractivity contribution in [3.63, 3.8) is 0 Å². The molecule has 0 aromatic carbocycles. The van der Waals surface area contributed by atoms with E-state index in [0.29, 0.717) is 17.9 Å². The van der Waals surface area contributed by atoms with Gasteiger partial charge < -0.3 is 5.11 Å². The number of aliphatic carboxylic acids is 1. The maximum atomic E-state index is 10.6. The van der Waals surface area contributed by atoms with Crippen molar-refractivity contribution in [2.45, 2.75) is 20.3 Å². The van der Waals surface area contributed by atoms with Gasteiger partial charge in [-0.2, -0.15) is 0 Å². The molecule has 0 aromatic heterocycles. The first-order valence-corrected chi connectivity index (χ1v) is 4.74. The molecular weight excluding hydrogens is 166 g/mol. The molecule has 3 heteroatoms. The number of carboxylic acid groups (broad SMARTS) is 1. The van der Waals surface area contributed by atoms with Crippen LogP contribution in [0.25, 0.3) is 0 Å². The fraction of sp³-hybridized carbons (Fsp3) is 0.700. The second-order valence-electron chi connectivity index (χ2n) is 3.94. The van der Waals surface area contributed by atoms with Crippen LogP contribution in [0.15, 0.2) is 11.6 Å². The van der Waals surface area contributed by atoms with Crippen LogP contribution in [0.5, 0.6) is 0 Å². The molecule has 0 unspecified atom stereocenters. The van der Waals surface area contributed by atoms with Crippen LogP contribution in [-0.4, -0.2) is 35.6 Å². The third-order valence-electron chi connectivity index (χ3n) is 2.19. The lowest BCUT2D eigenvalue weighted by atomic mass is 10.1. The van der Waals surface area contributed by atoms with Gasteiger partial charge in [0.1, 0.15) is 0 Å². The van der Waals surface area contributed by atoms with Gasteiger partial charge in [-0.1, -0.05) is 19.9 Å². The zero-order valence-corrected chi connectivity index (χ0v) is 8.29. The zero-order valence-electron chi connectivity index (χ0n) is 8.29. The normalized spacial score (nSPS) is 18.8. The lowest BCUT2D eigenvalue weighted by Gasteiger charge is -2.26. The molecule has 0 aliphatic carbocycles. The van der Waals surface area contributed by atoms with Crippen molar-refractivity contribution in [3.8, 4) is 0 Å². The van der Waals surface area contributed by atoms with Crippen LogP contribution >= 0.6 is 0 Å². The quantitative estimate of drug-likeness (QED) is 0.718. The first-order valence-electron chi connectivity index (χ1n) is 4.74. The molecule has 0 saturated heterocycles. The summed E-state index contributed by atoms with van der Waals surface area (Å²) in [6.07, 6.45) is 2.51. The summed E-state index contributed by atoms with van der Waals surface area (Å²) in [7, 11) is 0. The number of nitrogens with zero attached hydrogens (tertiary/aromatic N) is 1. The Labute approximate surface area is 79.0 Å². The van der Waals surface area contributed by atoms with E-state index in [1.807, 2.05) is 6.08 Å². The van der Waals surface area contributed by atoms with Gasteiger partial charge in [-0.3, -0.25) is 4.90 Å². The Kier molecular flexibility index (Phi) is 3.48. The van der Waals surface area contributed by atoms with Gasteiger partial charge in [0.15, 0.2) is 0 Å². The third-order valence-corrected chi connectivity index (χ3v) is 2.19. The highest BCUT2D eigenvalue weighted by atomic mass is 16.4. The molecule has 1 N–H and O–H groups in total. The molecule has 0 saturated carbocycles. The van der Waals surface area contributed by atoms with Gasteiger partial charge in [0.05, 0.1) is 0 Å². The number of rotatable bonds is 3. The van der Waals surface area contributed by atoms with Gasteiger partial charge in [-0.05, 0) is 12.3 Å². The molecule has 0 fully saturated rings. The average molecular weight is 183 g/mol. The Hall–Kier alpha value is -0.830. The van der Waals surface area contributed by atoms with E-state index in [9.17, 15) is 4.79 Å². The molecule has 0 aromatic rings. The van der Waals surface area contributed by atoms with Crippen molar-refractivity contribution in [1.29, 1.82) is 0 Å². The van der Waals surface area contributed by atoms with E-state index < -0.39 is 5.97 Å². The topological polar surface area (TPSA) is 40.5 Å². The minimum atomic E-state index is -0.760. The van der Waals surface area contributed by atoms with Gasteiger partial charge in [0, 0.05) is 25.2 Å². The highest BCUT2D eigenvalue weighted by Crippen LogP contribution is 2.11. The summed E-state index contributed by atoms with van der Waals surface area (Å²) in [6, 6.07) is 0. The third kappa shape index (κ3) is 3.19. The van der Waals surface area contributed by atoms with Gasteiger partial charge in [0.25, 0.3) is 0 Å². The predicted octanol–water partition coefficient (Wildman–Crippen LogP) is 1.36. The molecule has 0 amide bonds. The molecule has 0 bridgehead atoms. The van der Waals surface area contributed by atoms with E-state index in [1.54, 1.807) is 0 Å². The minimum Gasteiger partial charge on any atom is -0.478 e. The van der Waals surface area contributed by atoms with Crippen LogP contribution in [0.4, 0.5) is 0 Å². The smallest absolute Gasteiger partial charge is 0.331 e. The summed E-state index contributed by atoms with van der Waals surface area (Å²) >= 11 is 0. The van der Waals surface area contributed by atoms with Crippen LogP contribution in [0.3, 0.4) is 0 Å². The van der Waals surface area contributed by atoms with Crippen LogP contribution in [0.1, 0.15) is 20.3 Å². The highest BCUT2D eigenvalue weighted by molar-refractivity contribution is 5.86. The van der Waals surface area contributed by atoms with Crippen molar-refractivity contribution in [2.24, 2.45) is 5.92 Å². The molecular formula is C10H17NO2. The fourth-order valence-electron chi connectivity index (χ4n) is 1.59. The maximum absolute atomic E-state index is 10.6. The Morgan fingerprint density at radius 1 is 1.69 bits per heavy atom. The van der Waals surface area contributed by atoms with Gasteiger partial charge in [0.2, 0.25) is 0 Å². The Morgan fingerprint density at radius 2 is 2.38 bits per heavy atom. The number of carbonyl (C=O) groups is 1.